The lowest BCUT2D eigenvalue weighted by Crippen LogP contribution is -2.35. The summed E-state index contributed by atoms with van der Waals surface area (Å²) in [6, 6.07) is 2.39. The van der Waals surface area contributed by atoms with Crippen LogP contribution in [0.15, 0.2) is 11.4 Å². The summed E-state index contributed by atoms with van der Waals surface area (Å²) in [5.41, 5.74) is 2.91. The highest BCUT2D eigenvalue weighted by atomic mass is 32.1. The molecule has 0 saturated heterocycles. The highest BCUT2D eigenvalue weighted by Gasteiger charge is 2.28. The number of nitrogens with two attached hydrogens (primary N) is 1. The number of methoxy groups -OCH3 is 1. The predicted molar refractivity (Wildman–Crippen MR) is 58.3 cm³/mol. The molecule has 0 aromatic carbocycles. The lowest BCUT2D eigenvalue weighted by molar-refractivity contribution is 0.234. The van der Waals surface area contributed by atoms with Crippen LogP contribution in [0.2, 0.25) is 0 Å². The maximum absolute atomic E-state index is 5.58. The first kappa shape index (κ1) is 9.96. The molecule has 1 aliphatic carbocycles. The maximum Gasteiger partial charge on any atom is 0.129 e. The Bertz CT molecular complexity index is 296. The number of rotatable bonds is 4. The Labute approximate surface area is 88.2 Å². The van der Waals surface area contributed by atoms with Crippen molar-refractivity contribution in [2.24, 2.45) is 11.8 Å². The molecule has 3 nitrogen and oxygen atoms in total. The van der Waals surface area contributed by atoms with Crippen molar-refractivity contribution in [3.63, 3.8) is 0 Å². The predicted octanol–water partition coefficient (Wildman–Crippen LogP) is 2.06. The Morgan fingerprint density at radius 2 is 2.43 bits per heavy atom. The summed E-state index contributed by atoms with van der Waals surface area (Å²) in [4.78, 5) is 1.29. The quantitative estimate of drug-likeness (QED) is 0.593. The van der Waals surface area contributed by atoms with Crippen molar-refractivity contribution in [3.05, 3.63) is 16.3 Å². The van der Waals surface area contributed by atoms with Gasteiger partial charge in [0, 0.05) is 10.3 Å². The van der Waals surface area contributed by atoms with E-state index in [-0.39, 0.29) is 0 Å². The standard InChI is InChI=1S/C10H16N2OS/c1-13-8-5-9(14-6-8)10(12-11)7-3-2-4-7/h5-7,10,12H,2-4,11H2,1H3. The number of nitrogens with one attached hydrogen (secondary N) is 1. The van der Waals surface area contributed by atoms with E-state index in [0.29, 0.717) is 12.0 Å². The van der Waals surface area contributed by atoms with Gasteiger partial charge in [0.05, 0.1) is 13.2 Å². The van der Waals surface area contributed by atoms with Crippen molar-refractivity contribution < 1.29 is 4.74 Å². The molecule has 0 bridgehead atoms. The average molecular weight is 212 g/mol. The van der Waals surface area contributed by atoms with E-state index in [1.54, 1.807) is 18.4 Å². The van der Waals surface area contributed by atoms with Crippen LogP contribution in [-0.2, 0) is 0 Å². The maximum atomic E-state index is 5.58. The number of hydrogen-bond acceptors (Lipinski definition) is 4. The van der Waals surface area contributed by atoms with Crippen molar-refractivity contribution >= 4 is 11.3 Å². The van der Waals surface area contributed by atoms with Crippen LogP contribution in [0.4, 0.5) is 0 Å². The summed E-state index contributed by atoms with van der Waals surface area (Å²) in [5.74, 6) is 7.23. The van der Waals surface area contributed by atoms with Gasteiger partial charge in [0.25, 0.3) is 0 Å². The SMILES string of the molecule is COc1csc(C(NN)C2CCC2)c1. The van der Waals surface area contributed by atoms with E-state index in [1.807, 2.05) is 5.38 Å². The smallest absolute Gasteiger partial charge is 0.129 e. The fourth-order valence-corrected chi connectivity index (χ4v) is 2.84. The summed E-state index contributed by atoms with van der Waals surface area (Å²) < 4.78 is 5.16. The number of hydrogen-bond donors (Lipinski definition) is 2. The van der Waals surface area contributed by atoms with Gasteiger partial charge >= 0.3 is 0 Å². The fourth-order valence-electron chi connectivity index (χ4n) is 1.83. The van der Waals surface area contributed by atoms with E-state index in [2.05, 4.69) is 11.5 Å². The molecule has 1 heterocycles. The Morgan fingerprint density at radius 1 is 1.64 bits per heavy atom. The zero-order valence-corrected chi connectivity index (χ0v) is 9.14. The molecule has 1 saturated carbocycles. The van der Waals surface area contributed by atoms with Gasteiger partial charge in [0.15, 0.2) is 0 Å². The zero-order valence-electron chi connectivity index (χ0n) is 8.32. The lowest BCUT2D eigenvalue weighted by atomic mass is 9.79. The molecule has 78 valence electrons. The van der Waals surface area contributed by atoms with Gasteiger partial charge in [-0.3, -0.25) is 11.3 Å². The van der Waals surface area contributed by atoms with Gasteiger partial charge in [-0.2, -0.15) is 0 Å². The largest absolute Gasteiger partial charge is 0.496 e. The molecule has 1 unspecified atom stereocenters. The topological polar surface area (TPSA) is 47.3 Å². The van der Waals surface area contributed by atoms with E-state index in [9.17, 15) is 0 Å². The third-order valence-corrected chi connectivity index (χ3v) is 3.93. The Hall–Kier alpha value is -0.580. The molecule has 1 aromatic heterocycles. The monoisotopic (exact) mass is 212 g/mol. The van der Waals surface area contributed by atoms with Crippen LogP contribution in [0.25, 0.3) is 0 Å². The van der Waals surface area contributed by atoms with E-state index in [4.69, 9.17) is 10.6 Å². The Morgan fingerprint density at radius 3 is 2.86 bits per heavy atom. The van der Waals surface area contributed by atoms with E-state index in [0.717, 1.165) is 5.75 Å². The third kappa shape index (κ3) is 1.78. The van der Waals surface area contributed by atoms with Gasteiger partial charge < -0.3 is 4.74 Å². The second kappa shape index (κ2) is 4.29. The van der Waals surface area contributed by atoms with Crippen LogP contribution in [0, 0.1) is 5.92 Å². The van der Waals surface area contributed by atoms with Gasteiger partial charge in [-0.1, -0.05) is 6.42 Å². The third-order valence-electron chi connectivity index (χ3n) is 2.94. The Balaban J connectivity index is 2.09. The number of ether oxygens (including phenoxy) is 1. The number of thiophene rings is 1. The van der Waals surface area contributed by atoms with E-state index < -0.39 is 0 Å². The van der Waals surface area contributed by atoms with E-state index >= 15 is 0 Å². The molecule has 0 aliphatic heterocycles. The molecule has 1 atom stereocenters. The number of hydrazine groups is 1. The first-order valence-electron chi connectivity index (χ1n) is 4.93. The highest BCUT2D eigenvalue weighted by Crippen LogP contribution is 2.40. The van der Waals surface area contributed by atoms with Crippen LogP contribution in [-0.4, -0.2) is 7.11 Å². The molecule has 3 N–H and O–H groups in total. The van der Waals surface area contributed by atoms with Crippen molar-refractivity contribution in [2.45, 2.75) is 25.3 Å². The van der Waals surface area contributed by atoms with Gasteiger partial charge in [-0.25, -0.2) is 0 Å². The van der Waals surface area contributed by atoms with Crippen LogP contribution in [0.3, 0.4) is 0 Å². The van der Waals surface area contributed by atoms with Crippen molar-refractivity contribution in [2.75, 3.05) is 7.11 Å². The minimum atomic E-state index is 0.317. The Kier molecular flexibility index (Phi) is 3.05. The minimum Gasteiger partial charge on any atom is -0.496 e. The van der Waals surface area contributed by atoms with Crippen molar-refractivity contribution in [3.8, 4) is 5.75 Å². The minimum absolute atomic E-state index is 0.317. The normalized spacial score (nSPS) is 19.0. The molecular formula is C10H16N2OS. The average Bonchev–Trinajstić information content (AvgIpc) is 2.58. The van der Waals surface area contributed by atoms with Crippen LogP contribution >= 0.6 is 11.3 Å². The van der Waals surface area contributed by atoms with Crippen molar-refractivity contribution in [1.29, 1.82) is 0 Å². The summed E-state index contributed by atoms with van der Waals surface area (Å²) in [5, 5.41) is 2.03. The molecule has 0 radical (unpaired) electrons. The lowest BCUT2D eigenvalue weighted by Gasteiger charge is -2.32. The molecular weight excluding hydrogens is 196 g/mol. The summed E-state index contributed by atoms with van der Waals surface area (Å²) in [7, 11) is 1.69. The van der Waals surface area contributed by atoms with Gasteiger partial charge in [-0.05, 0) is 24.8 Å². The van der Waals surface area contributed by atoms with Gasteiger partial charge in [0.1, 0.15) is 5.75 Å². The van der Waals surface area contributed by atoms with Crippen LogP contribution < -0.4 is 16.0 Å². The van der Waals surface area contributed by atoms with Gasteiger partial charge in [0.2, 0.25) is 0 Å². The molecule has 0 spiro atoms. The first-order chi connectivity index (χ1) is 6.85. The first-order valence-corrected chi connectivity index (χ1v) is 5.81. The summed E-state index contributed by atoms with van der Waals surface area (Å²) in [6.07, 6.45) is 3.91. The second-order valence-electron chi connectivity index (χ2n) is 3.72. The van der Waals surface area contributed by atoms with Crippen LogP contribution in [0.1, 0.15) is 30.2 Å². The highest BCUT2D eigenvalue weighted by molar-refractivity contribution is 7.10. The zero-order chi connectivity index (χ0) is 9.97. The molecule has 1 aromatic rings. The molecule has 4 heteroatoms. The summed E-state index contributed by atoms with van der Waals surface area (Å²) in [6.45, 7) is 0. The summed E-state index contributed by atoms with van der Waals surface area (Å²) >= 11 is 1.72. The molecule has 1 aliphatic rings. The molecule has 1 fully saturated rings. The molecule has 0 amide bonds. The molecule has 2 rings (SSSR count). The molecule has 14 heavy (non-hydrogen) atoms. The van der Waals surface area contributed by atoms with E-state index in [1.165, 1.54) is 24.1 Å². The second-order valence-corrected chi connectivity index (χ2v) is 4.67. The van der Waals surface area contributed by atoms with Crippen molar-refractivity contribution in [1.82, 2.24) is 5.43 Å². The van der Waals surface area contributed by atoms with Crippen LogP contribution in [0.5, 0.6) is 5.75 Å². The fraction of sp³-hybridized carbons (Fsp3) is 0.600. The van der Waals surface area contributed by atoms with Gasteiger partial charge in [-0.15, -0.1) is 11.3 Å².